The number of aromatic nitrogens is 2. The number of fused-ring (bicyclic) bond motifs is 1. The van der Waals surface area contributed by atoms with Crippen molar-refractivity contribution in [3.05, 3.63) is 59.2 Å². The summed E-state index contributed by atoms with van der Waals surface area (Å²) in [5.74, 6) is -0.290. The van der Waals surface area contributed by atoms with Crippen LogP contribution in [0.3, 0.4) is 0 Å². The highest BCUT2D eigenvalue weighted by molar-refractivity contribution is 5.79. The average molecular weight is 283 g/mol. The zero-order chi connectivity index (χ0) is 15.1. The van der Waals surface area contributed by atoms with Gasteiger partial charge in [-0.15, -0.1) is 0 Å². The molecule has 108 valence electrons. The summed E-state index contributed by atoms with van der Waals surface area (Å²) in [6.45, 7) is 5.93. The highest BCUT2D eigenvalue weighted by Crippen LogP contribution is 2.24. The molecule has 21 heavy (non-hydrogen) atoms. The highest BCUT2D eigenvalue weighted by atomic mass is 19.1. The molecule has 0 radical (unpaired) electrons. The van der Waals surface area contributed by atoms with Crippen molar-refractivity contribution in [2.45, 2.75) is 26.8 Å². The van der Waals surface area contributed by atoms with E-state index in [2.05, 4.69) is 4.98 Å². The summed E-state index contributed by atoms with van der Waals surface area (Å²) in [5, 5.41) is 0. The van der Waals surface area contributed by atoms with E-state index in [0.29, 0.717) is 5.69 Å². The van der Waals surface area contributed by atoms with E-state index < -0.39 is 0 Å². The normalized spacial score (nSPS) is 12.8. The maximum absolute atomic E-state index is 14.4. The van der Waals surface area contributed by atoms with Crippen LogP contribution in [0.5, 0.6) is 0 Å². The summed E-state index contributed by atoms with van der Waals surface area (Å²) < 4.78 is 16.2. The van der Waals surface area contributed by atoms with Crippen LogP contribution in [0.1, 0.15) is 29.7 Å². The fraction of sp³-hybridized carbons (Fsp3) is 0.235. The Morgan fingerprint density at radius 2 is 1.86 bits per heavy atom. The number of imidazole rings is 1. The molecule has 0 unspecified atom stereocenters. The average Bonchev–Trinajstić information content (AvgIpc) is 2.82. The third kappa shape index (κ3) is 2.32. The number of hydrogen-bond acceptors (Lipinski definition) is 2. The van der Waals surface area contributed by atoms with Crippen LogP contribution in [0.25, 0.3) is 16.7 Å². The Morgan fingerprint density at radius 1 is 1.14 bits per heavy atom. The van der Waals surface area contributed by atoms with E-state index in [1.54, 1.807) is 17.0 Å². The molecule has 3 rings (SSSR count). The molecule has 0 bridgehead atoms. The maximum Gasteiger partial charge on any atom is 0.147 e. The SMILES string of the molecule is Cc1cc2ncn(-c3ccc([C@@H](C)N)cc3F)c2cc1C. The number of nitrogens with zero attached hydrogens (tertiary/aromatic N) is 2. The van der Waals surface area contributed by atoms with Crippen LogP contribution in [0.4, 0.5) is 4.39 Å². The van der Waals surface area contributed by atoms with E-state index in [1.807, 2.05) is 39.0 Å². The van der Waals surface area contributed by atoms with Crippen LogP contribution >= 0.6 is 0 Å². The zero-order valence-electron chi connectivity index (χ0n) is 12.4. The lowest BCUT2D eigenvalue weighted by Gasteiger charge is -2.10. The summed E-state index contributed by atoms with van der Waals surface area (Å²) in [6.07, 6.45) is 1.66. The summed E-state index contributed by atoms with van der Waals surface area (Å²) >= 11 is 0. The Bertz CT molecular complexity index is 818. The lowest BCUT2D eigenvalue weighted by Crippen LogP contribution is -2.06. The van der Waals surface area contributed by atoms with Gasteiger partial charge < -0.3 is 5.73 Å². The van der Waals surface area contributed by atoms with E-state index in [4.69, 9.17) is 5.73 Å². The molecule has 3 aromatic rings. The van der Waals surface area contributed by atoms with Gasteiger partial charge in [0.15, 0.2) is 0 Å². The van der Waals surface area contributed by atoms with Gasteiger partial charge >= 0.3 is 0 Å². The Kier molecular flexibility index (Phi) is 3.26. The number of nitrogens with two attached hydrogens (primary N) is 1. The first-order chi connectivity index (χ1) is 9.97. The monoisotopic (exact) mass is 283 g/mol. The first-order valence-corrected chi connectivity index (χ1v) is 6.97. The quantitative estimate of drug-likeness (QED) is 0.777. The topological polar surface area (TPSA) is 43.8 Å². The molecular weight excluding hydrogens is 265 g/mol. The van der Waals surface area contributed by atoms with Gasteiger partial charge in [-0.05, 0) is 61.7 Å². The molecule has 0 aliphatic carbocycles. The fourth-order valence-corrected chi connectivity index (χ4v) is 2.46. The summed E-state index contributed by atoms with van der Waals surface area (Å²) in [4.78, 5) is 4.37. The van der Waals surface area contributed by atoms with Crippen LogP contribution in [0, 0.1) is 19.7 Å². The summed E-state index contributed by atoms with van der Waals surface area (Å²) in [6, 6.07) is 8.98. The molecule has 0 saturated carbocycles. The molecule has 0 aliphatic rings. The first-order valence-electron chi connectivity index (χ1n) is 6.97. The molecular formula is C17H18FN3. The molecule has 0 spiro atoms. The van der Waals surface area contributed by atoms with Crippen LogP contribution in [0.2, 0.25) is 0 Å². The lowest BCUT2D eigenvalue weighted by atomic mass is 10.1. The van der Waals surface area contributed by atoms with Crippen molar-refractivity contribution < 1.29 is 4.39 Å². The second-order valence-corrected chi connectivity index (χ2v) is 5.54. The van der Waals surface area contributed by atoms with E-state index >= 15 is 0 Å². The minimum atomic E-state index is -0.290. The van der Waals surface area contributed by atoms with Gasteiger partial charge in [-0.25, -0.2) is 9.37 Å². The molecule has 0 amide bonds. The molecule has 0 fully saturated rings. The van der Waals surface area contributed by atoms with Crippen molar-refractivity contribution in [2.75, 3.05) is 0 Å². The Balaban J connectivity index is 2.19. The number of halogens is 1. The third-order valence-electron chi connectivity index (χ3n) is 3.92. The molecule has 0 aliphatic heterocycles. The molecule has 3 nitrogen and oxygen atoms in total. The van der Waals surface area contributed by atoms with Crippen molar-refractivity contribution in [2.24, 2.45) is 5.73 Å². The minimum absolute atomic E-state index is 0.182. The van der Waals surface area contributed by atoms with Crippen molar-refractivity contribution in [1.82, 2.24) is 9.55 Å². The van der Waals surface area contributed by atoms with Crippen molar-refractivity contribution in [3.8, 4) is 5.69 Å². The van der Waals surface area contributed by atoms with Crippen molar-refractivity contribution in [3.63, 3.8) is 0 Å². The van der Waals surface area contributed by atoms with Gasteiger partial charge in [-0.2, -0.15) is 0 Å². The van der Waals surface area contributed by atoms with Gasteiger partial charge in [-0.3, -0.25) is 4.57 Å². The van der Waals surface area contributed by atoms with E-state index in [9.17, 15) is 4.39 Å². The number of benzene rings is 2. The molecule has 0 saturated heterocycles. The van der Waals surface area contributed by atoms with Gasteiger partial charge in [0, 0.05) is 6.04 Å². The number of aryl methyl sites for hydroxylation is 2. The predicted octanol–water partition coefficient (Wildman–Crippen LogP) is 3.80. The largest absolute Gasteiger partial charge is 0.324 e. The zero-order valence-corrected chi connectivity index (χ0v) is 12.4. The Labute approximate surface area is 123 Å². The van der Waals surface area contributed by atoms with Crippen LogP contribution in [0.15, 0.2) is 36.7 Å². The number of rotatable bonds is 2. The standard InChI is InChI=1S/C17H18FN3/c1-10-6-15-17(7-11(10)2)21(9-20-15)16-5-4-13(12(3)19)8-14(16)18/h4-9,12H,19H2,1-3H3/t12-/m1/s1. The fourth-order valence-electron chi connectivity index (χ4n) is 2.46. The molecule has 1 atom stereocenters. The van der Waals surface area contributed by atoms with Crippen LogP contribution < -0.4 is 5.73 Å². The maximum atomic E-state index is 14.4. The smallest absolute Gasteiger partial charge is 0.147 e. The minimum Gasteiger partial charge on any atom is -0.324 e. The Morgan fingerprint density at radius 3 is 2.52 bits per heavy atom. The second kappa shape index (κ2) is 4.97. The van der Waals surface area contributed by atoms with Gasteiger partial charge in [0.2, 0.25) is 0 Å². The van der Waals surface area contributed by atoms with Crippen LogP contribution in [-0.4, -0.2) is 9.55 Å². The molecule has 1 aromatic heterocycles. The van der Waals surface area contributed by atoms with Gasteiger partial charge in [0.25, 0.3) is 0 Å². The number of hydrogen-bond donors (Lipinski definition) is 1. The van der Waals surface area contributed by atoms with Gasteiger partial charge in [0.05, 0.1) is 16.7 Å². The van der Waals surface area contributed by atoms with E-state index in [-0.39, 0.29) is 11.9 Å². The molecule has 1 heterocycles. The van der Waals surface area contributed by atoms with Crippen molar-refractivity contribution >= 4 is 11.0 Å². The van der Waals surface area contributed by atoms with Crippen LogP contribution in [-0.2, 0) is 0 Å². The second-order valence-electron chi connectivity index (χ2n) is 5.54. The first kappa shape index (κ1) is 13.8. The molecule has 2 N–H and O–H groups in total. The van der Waals surface area contributed by atoms with E-state index in [0.717, 1.165) is 22.2 Å². The van der Waals surface area contributed by atoms with Gasteiger partial charge in [-0.1, -0.05) is 6.07 Å². The summed E-state index contributed by atoms with van der Waals surface area (Å²) in [5.41, 5.74) is 11.2. The van der Waals surface area contributed by atoms with E-state index in [1.165, 1.54) is 11.6 Å². The molecule has 2 aromatic carbocycles. The highest BCUT2D eigenvalue weighted by Gasteiger charge is 2.12. The summed E-state index contributed by atoms with van der Waals surface area (Å²) in [7, 11) is 0. The lowest BCUT2D eigenvalue weighted by molar-refractivity contribution is 0.614. The Hall–Kier alpha value is -2.20. The third-order valence-corrected chi connectivity index (χ3v) is 3.92. The predicted molar refractivity (Wildman–Crippen MR) is 83.1 cm³/mol. The van der Waals surface area contributed by atoms with Crippen molar-refractivity contribution in [1.29, 1.82) is 0 Å². The van der Waals surface area contributed by atoms with Gasteiger partial charge in [0.1, 0.15) is 12.1 Å². The molecule has 4 heteroatoms.